The van der Waals surface area contributed by atoms with Crippen molar-refractivity contribution in [3.63, 3.8) is 0 Å². The molecule has 0 saturated heterocycles. The first-order valence-corrected chi connectivity index (χ1v) is 8.57. The lowest BCUT2D eigenvalue weighted by atomic mass is 10.2. The predicted molar refractivity (Wildman–Crippen MR) is 105 cm³/mol. The minimum absolute atomic E-state index is 0.701. The second kappa shape index (κ2) is 7.34. The quantitative estimate of drug-likeness (QED) is 0.657. The Morgan fingerprint density at radius 2 is 1.56 bits per heavy atom. The molecule has 0 radical (unpaired) electrons. The van der Waals surface area contributed by atoms with Crippen LogP contribution in [0.1, 0.15) is 18.2 Å². The Hall–Kier alpha value is -2.88. The predicted octanol–water partition coefficient (Wildman–Crippen LogP) is 5.02. The Bertz CT molecular complexity index is 846. The molecule has 1 aromatic heterocycles. The molecule has 3 aromatic rings. The molecule has 0 spiro atoms. The van der Waals surface area contributed by atoms with Gasteiger partial charge in [-0.3, -0.25) is 0 Å². The summed E-state index contributed by atoms with van der Waals surface area (Å²) in [7, 11) is 2.00. The highest BCUT2D eigenvalue weighted by atomic mass is 15.3. The van der Waals surface area contributed by atoms with Gasteiger partial charge in [-0.15, -0.1) is 0 Å². The average Bonchev–Trinajstić information content (AvgIpc) is 2.62. The Morgan fingerprint density at radius 3 is 2.24 bits per heavy atom. The first-order valence-electron chi connectivity index (χ1n) is 8.57. The number of hydrogen-bond donors (Lipinski definition) is 0. The van der Waals surface area contributed by atoms with Crippen LogP contribution in [0.5, 0.6) is 0 Å². The molecule has 4 nitrogen and oxygen atoms in total. The summed E-state index contributed by atoms with van der Waals surface area (Å²) in [6.07, 6.45) is 0. The molecule has 0 N–H and O–H groups in total. The van der Waals surface area contributed by atoms with Crippen molar-refractivity contribution in [2.24, 2.45) is 0 Å². The highest BCUT2D eigenvalue weighted by molar-refractivity contribution is 5.64. The maximum Gasteiger partial charge on any atom is 0.231 e. The highest BCUT2D eigenvalue weighted by Gasteiger charge is 2.14. The van der Waals surface area contributed by atoms with Crippen molar-refractivity contribution in [2.45, 2.75) is 20.8 Å². The number of benzene rings is 2. The largest absolute Gasteiger partial charge is 0.326 e. The third-order valence-electron chi connectivity index (χ3n) is 4.18. The zero-order chi connectivity index (χ0) is 17.8. The summed E-state index contributed by atoms with van der Waals surface area (Å²) in [5, 5.41) is 0. The molecule has 25 heavy (non-hydrogen) atoms. The van der Waals surface area contributed by atoms with E-state index in [0.717, 1.165) is 29.4 Å². The molecule has 0 atom stereocenters. The van der Waals surface area contributed by atoms with Gasteiger partial charge in [-0.05, 0) is 50.6 Å². The highest BCUT2D eigenvalue weighted by Crippen LogP contribution is 2.28. The topological polar surface area (TPSA) is 32.3 Å². The molecular formula is C21H24N4. The number of anilines is 4. The monoisotopic (exact) mass is 332 g/mol. The van der Waals surface area contributed by atoms with Gasteiger partial charge in [0, 0.05) is 36.7 Å². The summed E-state index contributed by atoms with van der Waals surface area (Å²) in [6, 6.07) is 20.7. The first kappa shape index (κ1) is 17.0. The lowest BCUT2D eigenvalue weighted by Crippen LogP contribution is -2.20. The van der Waals surface area contributed by atoms with Crippen molar-refractivity contribution >= 4 is 23.1 Å². The Kier molecular flexibility index (Phi) is 4.98. The van der Waals surface area contributed by atoms with Crippen LogP contribution in [-0.4, -0.2) is 23.6 Å². The van der Waals surface area contributed by atoms with E-state index in [0.29, 0.717) is 5.95 Å². The van der Waals surface area contributed by atoms with Gasteiger partial charge in [0.2, 0.25) is 5.95 Å². The first-order chi connectivity index (χ1) is 12.1. The van der Waals surface area contributed by atoms with Gasteiger partial charge in [-0.1, -0.05) is 30.3 Å². The van der Waals surface area contributed by atoms with Gasteiger partial charge < -0.3 is 9.80 Å². The van der Waals surface area contributed by atoms with Crippen LogP contribution in [0.25, 0.3) is 0 Å². The molecule has 0 aliphatic rings. The molecular weight excluding hydrogens is 308 g/mol. The number of nitrogens with zero attached hydrogens (tertiary/aromatic N) is 4. The number of aryl methyl sites for hydroxylation is 2. The number of hydrogen-bond acceptors (Lipinski definition) is 4. The van der Waals surface area contributed by atoms with Crippen molar-refractivity contribution in [2.75, 3.05) is 23.4 Å². The molecule has 128 valence electrons. The molecule has 0 aliphatic carbocycles. The summed E-state index contributed by atoms with van der Waals surface area (Å²) in [4.78, 5) is 13.7. The summed E-state index contributed by atoms with van der Waals surface area (Å²) >= 11 is 0. The van der Waals surface area contributed by atoms with E-state index in [1.54, 1.807) is 0 Å². The molecule has 0 unspecified atom stereocenters. The van der Waals surface area contributed by atoms with Crippen LogP contribution in [0.3, 0.4) is 0 Å². The minimum Gasteiger partial charge on any atom is -0.326 e. The number of para-hydroxylation sites is 1. The zero-order valence-electron chi connectivity index (χ0n) is 15.3. The molecule has 0 saturated carbocycles. The van der Waals surface area contributed by atoms with Crippen LogP contribution in [-0.2, 0) is 0 Å². The molecule has 4 heteroatoms. The Balaban J connectivity index is 2.01. The second-order valence-corrected chi connectivity index (χ2v) is 6.15. The van der Waals surface area contributed by atoms with E-state index in [9.17, 15) is 0 Å². The summed E-state index contributed by atoms with van der Waals surface area (Å²) in [6.45, 7) is 7.10. The van der Waals surface area contributed by atoms with Crippen molar-refractivity contribution in [1.82, 2.24) is 9.97 Å². The van der Waals surface area contributed by atoms with Crippen molar-refractivity contribution in [3.8, 4) is 0 Å². The molecule has 0 aliphatic heterocycles. The maximum atomic E-state index is 4.83. The van der Waals surface area contributed by atoms with Crippen LogP contribution < -0.4 is 9.80 Å². The molecule has 3 rings (SSSR count). The van der Waals surface area contributed by atoms with Gasteiger partial charge in [-0.2, -0.15) is 4.98 Å². The van der Waals surface area contributed by atoms with E-state index in [-0.39, 0.29) is 0 Å². The fourth-order valence-corrected chi connectivity index (χ4v) is 2.86. The van der Waals surface area contributed by atoms with Crippen LogP contribution in [0.2, 0.25) is 0 Å². The summed E-state index contributed by atoms with van der Waals surface area (Å²) in [5.74, 6) is 1.62. The van der Waals surface area contributed by atoms with Crippen LogP contribution in [0, 0.1) is 13.8 Å². The van der Waals surface area contributed by atoms with Crippen LogP contribution in [0.15, 0.2) is 60.7 Å². The minimum atomic E-state index is 0.701. The number of rotatable bonds is 5. The molecule has 0 fully saturated rings. The second-order valence-electron chi connectivity index (χ2n) is 6.15. The lowest BCUT2D eigenvalue weighted by Gasteiger charge is -2.25. The third kappa shape index (κ3) is 3.79. The van der Waals surface area contributed by atoms with Crippen molar-refractivity contribution < 1.29 is 0 Å². The van der Waals surface area contributed by atoms with E-state index in [1.807, 2.05) is 43.1 Å². The van der Waals surface area contributed by atoms with Crippen LogP contribution in [0.4, 0.5) is 23.1 Å². The Morgan fingerprint density at radius 1 is 0.840 bits per heavy atom. The van der Waals surface area contributed by atoms with Crippen molar-refractivity contribution in [1.29, 1.82) is 0 Å². The maximum absolute atomic E-state index is 4.83. The Labute approximate surface area is 149 Å². The lowest BCUT2D eigenvalue weighted by molar-refractivity contribution is 0.945. The van der Waals surface area contributed by atoms with Gasteiger partial charge in [0.05, 0.1) is 0 Å². The van der Waals surface area contributed by atoms with Gasteiger partial charge in [0.1, 0.15) is 5.82 Å². The molecule has 0 bridgehead atoms. The third-order valence-corrected chi connectivity index (χ3v) is 4.18. The van der Waals surface area contributed by atoms with E-state index < -0.39 is 0 Å². The average molecular weight is 332 g/mol. The fourth-order valence-electron chi connectivity index (χ4n) is 2.86. The molecule has 0 amide bonds. The molecule has 2 aromatic carbocycles. The van der Waals surface area contributed by atoms with Gasteiger partial charge in [0.25, 0.3) is 0 Å². The number of aromatic nitrogens is 2. The van der Waals surface area contributed by atoms with E-state index in [2.05, 4.69) is 60.1 Å². The normalized spacial score (nSPS) is 10.6. The van der Waals surface area contributed by atoms with E-state index >= 15 is 0 Å². The standard InChI is InChI=1S/C21H24N4/c1-5-25(19-13-9-10-16(2)14-19)20-15-17(3)22-21(23-20)24(4)18-11-7-6-8-12-18/h6-15H,5H2,1-4H3. The zero-order valence-corrected chi connectivity index (χ0v) is 15.3. The summed E-state index contributed by atoms with van der Waals surface area (Å²) in [5.41, 5.74) is 4.41. The SMILES string of the molecule is CCN(c1cccc(C)c1)c1cc(C)nc(N(C)c2ccccc2)n1. The van der Waals surface area contributed by atoms with Crippen molar-refractivity contribution in [3.05, 3.63) is 71.9 Å². The fraction of sp³-hybridized carbons (Fsp3) is 0.238. The van der Waals surface area contributed by atoms with Gasteiger partial charge in [-0.25, -0.2) is 4.98 Å². The van der Waals surface area contributed by atoms with Gasteiger partial charge in [0.15, 0.2) is 0 Å². The smallest absolute Gasteiger partial charge is 0.231 e. The van der Waals surface area contributed by atoms with Crippen LogP contribution >= 0.6 is 0 Å². The van der Waals surface area contributed by atoms with Gasteiger partial charge >= 0.3 is 0 Å². The summed E-state index contributed by atoms with van der Waals surface area (Å²) < 4.78 is 0. The van der Waals surface area contributed by atoms with E-state index in [1.165, 1.54) is 5.56 Å². The molecule has 1 heterocycles. The van der Waals surface area contributed by atoms with E-state index in [4.69, 9.17) is 4.98 Å².